The highest BCUT2D eigenvalue weighted by atomic mass is 35.5. The number of nitrogens with zero attached hydrogens (tertiary/aromatic N) is 2. The molecule has 3 aromatic rings. The normalized spacial score (nSPS) is 12.3. The molecule has 0 amide bonds. The summed E-state index contributed by atoms with van der Waals surface area (Å²) in [6.07, 6.45) is -0.503. The van der Waals surface area contributed by atoms with Gasteiger partial charge in [0, 0.05) is 16.3 Å². The summed E-state index contributed by atoms with van der Waals surface area (Å²) in [5.74, 6) is 2.10. The van der Waals surface area contributed by atoms with E-state index in [1.165, 1.54) is 0 Å². The van der Waals surface area contributed by atoms with E-state index < -0.39 is 6.10 Å². The second-order valence-electron chi connectivity index (χ2n) is 4.95. The Hall–Kier alpha value is -1.82. The fourth-order valence-corrected chi connectivity index (χ4v) is 3.09. The van der Waals surface area contributed by atoms with Gasteiger partial charge in [-0.05, 0) is 23.8 Å². The monoisotopic (exact) mass is 346 g/mol. The number of aromatic nitrogens is 2. The van der Waals surface area contributed by atoms with Crippen LogP contribution in [0.5, 0.6) is 0 Å². The Bertz CT molecular complexity index is 764. The van der Waals surface area contributed by atoms with Crippen molar-refractivity contribution in [3.63, 3.8) is 0 Å². The van der Waals surface area contributed by atoms with Gasteiger partial charge in [-0.15, -0.1) is 22.0 Å². The molecule has 23 heavy (non-hydrogen) atoms. The molecule has 0 bridgehead atoms. The molecule has 0 saturated heterocycles. The first-order chi connectivity index (χ1) is 11.2. The average molecular weight is 347 g/mol. The lowest BCUT2D eigenvalue weighted by Crippen LogP contribution is -2.00. The van der Waals surface area contributed by atoms with E-state index in [2.05, 4.69) is 10.2 Å². The summed E-state index contributed by atoms with van der Waals surface area (Å²) in [5.41, 5.74) is 1.70. The molecule has 0 saturated carbocycles. The number of aliphatic hydroxyl groups is 1. The molecule has 0 spiro atoms. The van der Waals surface area contributed by atoms with Crippen LogP contribution in [0.3, 0.4) is 0 Å². The first kappa shape index (κ1) is 16.1. The molecule has 2 aromatic carbocycles. The van der Waals surface area contributed by atoms with Crippen molar-refractivity contribution < 1.29 is 9.52 Å². The minimum Gasteiger partial charge on any atom is -0.420 e. The van der Waals surface area contributed by atoms with Gasteiger partial charge in [0.1, 0.15) is 0 Å². The topological polar surface area (TPSA) is 59.2 Å². The average Bonchev–Trinajstić information content (AvgIpc) is 3.04. The molecule has 1 aromatic heterocycles. The second kappa shape index (κ2) is 7.64. The number of aliphatic hydroxyl groups excluding tert-OH is 1. The minimum atomic E-state index is -0.503. The molecule has 0 radical (unpaired) electrons. The van der Waals surface area contributed by atoms with Gasteiger partial charge in [-0.3, -0.25) is 0 Å². The third-order valence-corrected chi connectivity index (χ3v) is 4.46. The van der Waals surface area contributed by atoms with E-state index in [4.69, 9.17) is 16.0 Å². The number of rotatable bonds is 6. The Morgan fingerprint density at radius 2 is 1.91 bits per heavy atom. The van der Waals surface area contributed by atoms with Gasteiger partial charge in [-0.2, -0.15) is 0 Å². The Morgan fingerprint density at radius 1 is 1.09 bits per heavy atom. The Balaban J connectivity index is 1.55. The van der Waals surface area contributed by atoms with Crippen molar-refractivity contribution in [2.45, 2.75) is 11.9 Å². The first-order valence-electron chi connectivity index (χ1n) is 7.11. The van der Waals surface area contributed by atoms with Crippen molar-refractivity contribution in [1.82, 2.24) is 10.2 Å². The van der Waals surface area contributed by atoms with E-state index in [0.29, 0.717) is 28.3 Å². The molecule has 0 aliphatic carbocycles. The van der Waals surface area contributed by atoms with Crippen LogP contribution in [0.4, 0.5) is 0 Å². The molecule has 1 heterocycles. The third-order valence-electron chi connectivity index (χ3n) is 3.22. The molecule has 118 valence electrons. The van der Waals surface area contributed by atoms with Gasteiger partial charge >= 0.3 is 0 Å². The summed E-state index contributed by atoms with van der Waals surface area (Å²) in [5, 5.41) is 18.8. The van der Waals surface area contributed by atoms with Gasteiger partial charge in [-0.1, -0.05) is 48.0 Å². The van der Waals surface area contributed by atoms with E-state index in [0.717, 1.165) is 11.1 Å². The van der Waals surface area contributed by atoms with Gasteiger partial charge in [0.25, 0.3) is 0 Å². The van der Waals surface area contributed by atoms with Crippen molar-refractivity contribution >= 4 is 23.4 Å². The predicted molar refractivity (Wildman–Crippen MR) is 92.3 cm³/mol. The molecule has 1 unspecified atom stereocenters. The summed E-state index contributed by atoms with van der Waals surface area (Å²) in [6.45, 7) is 0. The summed E-state index contributed by atoms with van der Waals surface area (Å²) < 4.78 is 5.63. The van der Waals surface area contributed by atoms with E-state index in [-0.39, 0.29) is 0 Å². The summed E-state index contributed by atoms with van der Waals surface area (Å²) in [4.78, 5) is 0. The van der Waals surface area contributed by atoms with Gasteiger partial charge in [0.15, 0.2) is 0 Å². The fourth-order valence-electron chi connectivity index (χ4n) is 2.08. The van der Waals surface area contributed by atoms with Gasteiger partial charge in [0.05, 0.1) is 11.9 Å². The summed E-state index contributed by atoms with van der Waals surface area (Å²) in [6, 6.07) is 16.9. The number of thioether (sulfide) groups is 1. The van der Waals surface area contributed by atoms with Crippen LogP contribution in [0, 0.1) is 0 Å². The summed E-state index contributed by atoms with van der Waals surface area (Å²) in [7, 11) is 0. The maximum atomic E-state index is 10.1. The Labute approximate surface area is 143 Å². The van der Waals surface area contributed by atoms with Crippen LogP contribution < -0.4 is 0 Å². The maximum absolute atomic E-state index is 10.1. The zero-order valence-electron chi connectivity index (χ0n) is 12.2. The smallest absolute Gasteiger partial charge is 0.247 e. The molecule has 0 aliphatic heterocycles. The van der Waals surface area contributed by atoms with Crippen molar-refractivity contribution in [2.24, 2.45) is 0 Å². The number of benzene rings is 2. The van der Waals surface area contributed by atoms with Gasteiger partial charge < -0.3 is 9.52 Å². The number of halogens is 1. The van der Waals surface area contributed by atoms with Crippen molar-refractivity contribution in [2.75, 3.05) is 5.75 Å². The van der Waals surface area contributed by atoms with Crippen LogP contribution in [-0.2, 0) is 5.75 Å². The van der Waals surface area contributed by atoms with Crippen LogP contribution in [-0.4, -0.2) is 21.1 Å². The van der Waals surface area contributed by atoms with Crippen molar-refractivity contribution in [3.8, 4) is 11.5 Å². The number of hydrogen-bond acceptors (Lipinski definition) is 5. The predicted octanol–water partition coefficient (Wildman–Crippen LogP) is 4.36. The molecule has 1 N–H and O–H groups in total. The molecule has 0 fully saturated rings. The van der Waals surface area contributed by atoms with E-state index in [1.807, 2.05) is 42.5 Å². The van der Waals surface area contributed by atoms with Gasteiger partial charge in [-0.25, -0.2) is 0 Å². The van der Waals surface area contributed by atoms with E-state index in [9.17, 15) is 5.11 Å². The van der Waals surface area contributed by atoms with Crippen molar-refractivity contribution in [1.29, 1.82) is 0 Å². The third kappa shape index (κ3) is 4.34. The van der Waals surface area contributed by atoms with Gasteiger partial charge in [0.2, 0.25) is 11.8 Å². The fraction of sp³-hybridized carbons (Fsp3) is 0.176. The quantitative estimate of drug-likeness (QED) is 0.718. The van der Waals surface area contributed by atoms with Crippen LogP contribution in [0.25, 0.3) is 11.5 Å². The van der Waals surface area contributed by atoms with Crippen LogP contribution in [0.2, 0.25) is 5.02 Å². The van der Waals surface area contributed by atoms with Crippen molar-refractivity contribution in [3.05, 3.63) is 71.1 Å². The SMILES string of the molecule is OC(CSCc1nnc(-c2cccc(Cl)c2)o1)c1ccccc1. The largest absolute Gasteiger partial charge is 0.420 e. The molecule has 1 atom stereocenters. The Morgan fingerprint density at radius 3 is 2.70 bits per heavy atom. The lowest BCUT2D eigenvalue weighted by molar-refractivity contribution is 0.204. The summed E-state index contributed by atoms with van der Waals surface area (Å²) >= 11 is 7.51. The number of hydrogen-bond donors (Lipinski definition) is 1. The lowest BCUT2D eigenvalue weighted by atomic mass is 10.1. The highest BCUT2D eigenvalue weighted by Crippen LogP contribution is 2.24. The van der Waals surface area contributed by atoms with E-state index in [1.54, 1.807) is 23.9 Å². The zero-order chi connectivity index (χ0) is 16.1. The maximum Gasteiger partial charge on any atom is 0.247 e. The molecule has 6 heteroatoms. The molecule has 0 aliphatic rings. The van der Waals surface area contributed by atoms with Crippen LogP contribution in [0.15, 0.2) is 59.0 Å². The minimum absolute atomic E-state index is 0.451. The Kier molecular flexibility index (Phi) is 5.33. The molecule has 4 nitrogen and oxygen atoms in total. The molecular formula is C17H15ClN2O2S. The standard InChI is InChI=1S/C17H15ClN2O2S/c18-14-8-4-7-13(9-14)17-20-19-16(22-17)11-23-10-15(21)12-5-2-1-3-6-12/h1-9,15,21H,10-11H2. The van der Waals surface area contributed by atoms with Crippen LogP contribution in [0.1, 0.15) is 17.6 Å². The lowest BCUT2D eigenvalue weighted by Gasteiger charge is -2.09. The molecular weight excluding hydrogens is 332 g/mol. The molecule has 3 rings (SSSR count). The highest BCUT2D eigenvalue weighted by Gasteiger charge is 2.11. The zero-order valence-corrected chi connectivity index (χ0v) is 13.8. The highest BCUT2D eigenvalue weighted by molar-refractivity contribution is 7.98. The first-order valence-corrected chi connectivity index (χ1v) is 8.65. The van der Waals surface area contributed by atoms with Crippen LogP contribution >= 0.6 is 23.4 Å². The second-order valence-corrected chi connectivity index (χ2v) is 6.42. The van der Waals surface area contributed by atoms with E-state index >= 15 is 0 Å².